The molecule has 2 rings (SSSR count). The lowest BCUT2D eigenvalue weighted by atomic mass is 10.0. The smallest absolute Gasteiger partial charge is 0.0664 e. The summed E-state index contributed by atoms with van der Waals surface area (Å²) in [6.07, 6.45) is 6.01. The maximum atomic E-state index is 9.72. The van der Waals surface area contributed by atoms with Gasteiger partial charge in [-0.05, 0) is 45.2 Å². The van der Waals surface area contributed by atoms with Crippen molar-refractivity contribution in [1.82, 2.24) is 10.2 Å². The minimum absolute atomic E-state index is 0.132. The minimum atomic E-state index is -0.132. The predicted molar refractivity (Wildman–Crippen MR) is 61.9 cm³/mol. The normalized spacial score (nSPS) is 34.8. The molecule has 0 aromatic heterocycles. The largest absolute Gasteiger partial charge is 0.392 e. The average Bonchev–Trinajstić information content (AvgIpc) is 2.86. The molecule has 2 fully saturated rings. The molecular weight excluding hydrogens is 188 g/mol. The van der Waals surface area contributed by atoms with E-state index in [2.05, 4.69) is 17.1 Å². The number of nitrogens with one attached hydrogen (secondary N) is 1. The number of likely N-dealkylation sites (tertiary alicyclic amines) is 1. The molecule has 88 valence electrons. The van der Waals surface area contributed by atoms with Gasteiger partial charge in [0.05, 0.1) is 6.10 Å². The van der Waals surface area contributed by atoms with Crippen LogP contribution in [0.1, 0.15) is 39.0 Å². The van der Waals surface area contributed by atoms with Gasteiger partial charge in [0.15, 0.2) is 0 Å². The van der Waals surface area contributed by atoms with E-state index in [1.165, 1.54) is 38.8 Å². The quantitative estimate of drug-likeness (QED) is 0.729. The molecule has 0 bridgehead atoms. The highest BCUT2D eigenvalue weighted by molar-refractivity contribution is 4.92. The van der Waals surface area contributed by atoms with Gasteiger partial charge in [-0.25, -0.2) is 0 Å². The van der Waals surface area contributed by atoms with E-state index in [0.29, 0.717) is 12.1 Å². The molecule has 0 spiro atoms. The molecular formula is C12H24N2O. The first-order valence-corrected chi connectivity index (χ1v) is 6.46. The number of nitrogens with zero attached hydrogens (tertiary/aromatic N) is 1. The van der Waals surface area contributed by atoms with Gasteiger partial charge in [-0.1, -0.05) is 6.92 Å². The molecule has 0 aliphatic carbocycles. The van der Waals surface area contributed by atoms with Crippen molar-refractivity contribution in [2.24, 2.45) is 0 Å². The first-order valence-electron chi connectivity index (χ1n) is 6.46. The third-order valence-corrected chi connectivity index (χ3v) is 3.89. The molecule has 3 heteroatoms. The molecule has 3 unspecified atom stereocenters. The Hall–Kier alpha value is -0.120. The Bertz CT molecular complexity index is 192. The van der Waals surface area contributed by atoms with Crippen LogP contribution in [0.2, 0.25) is 0 Å². The van der Waals surface area contributed by atoms with Crippen LogP contribution >= 0.6 is 0 Å². The summed E-state index contributed by atoms with van der Waals surface area (Å²) < 4.78 is 0. The van der Waals surface area contributed by atoms with Crippen molar-refractivity contribution in [1.29, 1.82) is 0 Å². The molecule has 2 saturated heterocycles. The van der Waals surface area contributed by atoms with Crippen LogP contribution in [0.15, 0.2) is 0 Å². The lowest BCUT2D eigenvalue weighted by Gasteiger charge is -2.30. The fourth-order valence-corrected chi connectivity index (χ4v) is 2.97. The number of rotatable bonds is 4. The van der Waals surface area contributed by atoms with Crippen LogP contribution in [0.5, 0.6) is 0 Å². The van der Waals surface area contributed by atoms with E-state index < -0.39 is 0 Å². The third kappa shape index (κ3) is 2.71. The second kappa shape index (κ2) is 5.28. The van der Waals surface area contributed by atoms with Crippen LogP contribution in [0, 0.1) is 0 Å². The van der Waals surface area contributed by atoms with Gasteiger partial charge in [0.2, 0.25) is 0 Å². The summed E-state index contributed by atoms with van der Waals surface area (Å²) in [6, 6.07) is 1.38. The molecule has 0 saturated carbocycles. The number of aliphatic hydroxyl groups excluding tert-OH is 1. The minimum Gasteiger partial charge on any atom is -0.392 e. The third-order valence-electron chi connectivity index (χ3n) is 3.89. The molecule has 0 aromatic carbocycles. The Morgan fingerprint density at radius 1 is 1.40 bits per heavy atom. The van der Waals surface area contributed by atoms with E-state index in [4.69, 9.17) is 0 Å². The van der Waals surface area contributed by atoms with Gasteiger partial charge >= 0.3 is 0 Å². The first kappa shape index (κ1) is 11.4. The fourth-order valence-electron chi connectivity index (χ4n) is 2.97. The van der Waals surface area contributed by atoms with Crippen LogP contribution in [-0.2, 0) is 0 Å². The lowest BCUT2D eigenvalue weighted by molar-refractivity contribution is 0.0942. The Balaban J connectivity index is 1.86. The summed E-state index contributed by atoms with van der Waals surface area (Å²) in [4.78, 5) is 2.50. The van der Waals surface area contributed by atoms with Crippen molar-refractivity contribution in [2.45, 2.75) is 57.2 Å². The molecule has 0 amide bonds. The molecule has 0 radical (unpaired) electrons. The van der Waals surface area contributed by atoms with Gasteiger partial charge in [-0.3, -0.25) is 4.90 Å². The second-order valence-corrected chi connectivity index (χ2v) is 4.97. The lowest BCUT2D eigenvalue weighted by Crippen LogP contribution is -2.46. The average molecular weight is 212 g/mol. The number of hydrogen-bond donors (Lipinski definition) is 2. The van der Waals surface area contributed by atoms with E-state index in [1.54, 1.807) is 0 Å². The van der Waals surface area contributed by atoms with Crippen LogP contribution < -0.4 is 5.32 Å². The summed E-state index contributed by atoms with van der Waals surface area (Å²) >= 11 is 0. The zero-order valence-corrected chi connectivity index (χ0v) is 9.78. The van der Waals surface area contributed by atoms with Crippen LogP contribution in [0.4, 0.5) is 0 Å². The van der Waals surface area contributed by atoms with Gasteiger partial charge in [0, 0.05) is 18.6 Å². The molecule has 2 heterocycles. The predicted octanol–water partition coefficient (Wildman–Crippen LogP) is 0.974. The maximum absolute atomic E-state index is 9.72. The van der Waals surface area contributed by atoms with Crippen LogP contribution in [-0.4, -0.2) is 47.8 Å². The Morgan fingerprint density at radius 3 is 2.93 bits per heavy atom. The number of hydrogen-bond acceptors (Lipinski definition) is 3. The highest BCUT2D eigenvalue weighted by Crippen LogP contribution is 2.24. The Labute approximate surface area is 92.8 Å². The number of β-amino-alcohol motifs (C(OH)–C–C–N with tert-alkyl or cyclic N) is 1. The van der Waals surface area contributed by atoms with Crippen molar-refractivity contribution in [3.8, 4) is 0 Å². The van der Waals surface area contributed by atoms with Crippen molar-refractivity contribution < 1.29 is 5.11 Å². The monoisotopic (exact) mass is 212 g/mol. The van der Waals surface area contributed by atoms with Gasteiger partial charge in [-0.15, -0.1) is 0 Å². The summed E-state index contributed by atoms with van der Waals surface area (Å²) in [7, 11) is 0. The maximum Gasteiger partial charge on any atom is 0.0664 e. The molecule has 15 heavy (non-hydrogen) atoms. The van der Waals surface area contributed by atoms with Crippen molar-refractivity contribution in [2.75, 3.05) is 19.6 Å². The molecule has 0 aromatic rings. The van der Waals surface area contributed by atoms with Crippen LogP contribution in [0.3, 0.4) is 0 Å². The Morgan fingerprint density at radius 2 is 2.27 bits per heavy atom. The highest BCUT2D eigenvalue weighted by atomic mass is 16.3. The zero-order valence-electron chi connectivity index (χ0n) is 9.78. The first-order chi connectivity index (χ1) is 7.31. The molecule has 2 N–H and O–H groups in total. The molecule has 2 aliphatic heterocycles. The SMILES string of the molecule is CCC(O)CN1CCCC1C1CCCN1. The molecule has 3 nitrogen and oxygen atoms in total. The van der Waals surface area contributed by atoms with Crippen molar-refractivity contribution >= 4 is 0 Å². The summed E-state index contributed by atoms with van der Waals surface area (Å²) in [5, 5.41) is 13.3. The molecule has 3 atom stereocenters. The zero-order chi connectivity index (χ0) is 10.7. The van der Waals surface area contributed by atoms with Gasteiger partial charge in [-0.2, -0.15) is 0 Å². The topological polar surface area (TPSA) is 35.5 Å². The fraction of sp³-hybridized carbons (Fsp3) is 1.00. The van der Waals surface area contributed by atoms with Gasteiger partial charge in [0.1, 0.15) is 0 Å². The van der Waals surface area contributed by atoms with E-state index >= 15 is 0 Å². The van der Waals surface area contributed by atoms with Gasteiger partial charge < -0.3 is 10.4 Å². The van der Waals surface area contributed by atoms with E-state index in [1.807, 2.05) is 0 Å². The van der Waals surface area contributed by atoms with Gasteiger partial charge in [0.25, 0.3) is 0 Å². The van der Waals surface area contributed by atoms with Crippen molar-refractivity contribution in [3.05, 3.63) is 0 Å². The van der Waals surface area contributed by atoms with E-state index in [-0.39, 0.29) is 6.10 Å². The number of aliphatic hydroxyl groups is 1. The second-order valence-electron chi connectivity index (χ2n) is 4.97. The summed E-state index contributed by atoms with van der Waals surface area (Å²) in [5.41, 5.74) is 0. The highest BCUT2D eigenvalue weighted by Gasteiger charge is 2.33. The molecule has 2 aliphatic rings. The van der Waals surface area contributed by atoms with Crippen molar-refractivity contribution in [3.63, 3.8) is 0 Å². The van der Waals surface area contributed by atoms with Crippen LogP contribution in [0.25, 0.3) is 0 Å². The Kier molecular flexibility index (Phi) is 4.00. The summed E-state index contributed by atoms with van der Waals surface area (Å²) in [5.74, 6) is 0. The summed E-state index contributed by atoms with van der Waals surface area (Å²) in [6.45, 7) is 5.30. The van der Waals surface area contributed by atoms with E-state index in [9.17, 15) is 5.11 Å². The van der Waals surface area contributed by atoms with E-state index in [0.717, 1.165) is 13.0 Å². The standard InChI is InChI=1S/C12H24N2O/c1-2-10(15)9-14-8-4-6-12(14)11-5-3-7-13-11/h10-13,15H,2-9H2,1H3.